The molecule has 0 atom stereocenters. The van der Waals surface area contributed by atoms with Gasteiger partial charge in [-0.3, -0.25) is 0 Å². The Morgan fingerprint density at radius 1 is 1.50 bits per heavy atom. The van der Waals surface area contributed by atoms with Crippen molar-refractivity contribution in [2.24, 2.45) is 0 Å². The summed E-state index contributed by atoms with van der Waals surface area (Å²) in [5.74, 6) is 0. The maximum atomic E-state index is 10.2. The molecule has 1 aromatic rings. The van der Waals surface area contributed by atoms with Gasteiger partial charge in [-0.25, -0.2) is 0 Å². The van der Waals surface area contributed by atoms with E-state index in [0.717, 1.165) is 4.43 Å². The van der Waals surface area contributed by atoms with Crippen molar-refractivity contribution in [3.8, 4) is 0 Å². The van der Waals surface area contributed by atoms with E-state index in [-0.39, 0.29) is 32.6 Å². The second kappa shape index (κ2) is 2.00. The molecule has 8 heavy (non-hydrogen) atoms. The molecular weight excluding hydrogens is 221 g/mol. The molecule has 0 amide bonds. The molecule has 1 heterocycles. The van der Waals surface area contributed by atoms with Crippen LogP contribution in [0.2, 0.25) is 0 Å². The summed E-state index contributed by atoms with van der Waals surface area (Å²) in [4.78, 5) is 20.4. The minimum absolute atomic E-state index is 0.267. The Labute approximate surface area is 56.6 Å². The molecular formula is C4H5INO2-. The zero-order valence-electron chi connectivity index (χ0n) is 4.35. The molecule has 1 aromatic heterocycles. The van der Waals surface area contributed by atoms with Gasteiger partial charge >= 0.3 is 56.3 Å². The molecule has 3 nitrogen and oxygen atoms in total. The topological polar surface area (TPSA) is 39.1 Å². The number of halogens is 1. The first kappa shape index (κ1) is 6.00. The van der Waals surface area contributed by atoms with E-state index >= 15 is 0 Å². The van der Waals surface area contributed by atoms with E-state index in [1.807, 2.05) is 6.92 Å². The predicted molar refractivity (Wildman–Crippen MR) is 25.3 cm³/mol. The predicted octanol–water partition coefficient (Wildman–Crippen LogP) is -4.04. The Balaban J connectivity index is 2.67. The number of nitrogens with zero attached hydrogens (tertiary/aromatic N) is 1. The molecule has 46 valence electrons. The van der Waals surface area contributed by atoms with Gasteiger partial charge in [0, 0.05) is 0 Å². The van der Waals surface area contributed by atoms with Crippen molar-refractivity contribution in [3.05, 3.63) is 20.7 Å². The maximum absolute atomic E-state index is 10.2. The molecule has 0 aromatic carbocycles. The van der Waals surface area contributed by atoms with Crippen LogP contribution in [0, 0.1) is 0 Å². The van der Waals surface area contributed by atoms with Gasteiger partial charge in [0.1, 0.15) is 0 Å². The standard InChI is InChI=1S/C4H5INO2/c1-2-5-6-3(7)4(6)8/h2H2,1H3/q-1. The van der Waals surface area contributed by atoms with Crippen molar-refractivity contribution < 1.29 is 21.5 Å². The van der Waals surface area contributed by atoms with Gasteiger partial charge in [-0.05, 0) is 0 Å². The van der Waals surface area contributed by atoms with Crippen molar-refractivity contribution in [2.45, 2.75) is 6.92 Å². The molecule has 0 spiro atoms. The molecule has 0 radical (unpaired) electrons. The second-order valence-corrected chi connectivity index (χ2v) is 4.45. The first-order valence-corrected chi connectivity index (χ1v) is 4.74. The fraction of sp³-hybridized carbons (Fsp3) is 0.500. The van der Waals surface area contributed by atoms with E-state index in [0.29, 0.717) is 0 Å². The van der Waals surface area contributed by atoms with Crippen LogP contribution < -0.4 is 32.6 Å². The molecule has 0 unspecified atom stereocenters. The van der Waals surface area contributed by atoms with Crippen molar-refractivity contribution in [3.63, 3.8) is 0 Å². The van der Waals surface area contributed by atoms with Crippen LogP contribution in [0.3, 0.4) is 0 Å². The summed E-state index contributed by atoms with van der Waals surface area (Å²) in [5.41, 5.74) is -0.556. The summed E-state index contributed by atoms with van der Waals surface area (Å²) in [5, 5.41) is 0. The molecule has 0 saturated carbocycles. The third-order valence-electron chi connectivity index (χ3n) is 0.729. The van der Waals surface area contributed by atoms with E-state index < -0.39 is 0 Å². The third kappa shape index (κ3) is 0.841. The van der Waals surface area contributed by atoms with Crippen LogP contribution >= 0.6 is 0 Å². The second-order valence-electron chi connectivity index (χ2n) is 1.28. The van der Waals surface area contributed by atoms with Crippen LogP contribution in [-0.4, -0.2) is 7.21 Å². The zero-order chi connectivity index (χ0) is 6.15. The van der Waals surface area contributed by atoms with Gasteiger partial charge in [0.25, 0.3) is 0 Å². The van der Waals surface area contributed by atoms with Gasteiger partial charge in [-0.15, -0.1) is 0 Å². The quantitative estimate of drug-likeness (QED) is 0.292. The van der Waals surface area contributed by atoms with Crippen molar-refractivity contribution in [1.82, 2.24) is 2.78 Å². The first-order valence-electron chi connectivity index (χ1n) is 2.25. The average molecular weight is 226 g/mol. The third-order valence-corrected chi connectivity index (χ3v) is 2.97. The molecule has 0 saturated heterocycles. The Bertz CT molecular complexity index is 220. The van der Waals surface area contributed by atoms with Gasteiger partial charge < -0.3 is 0 Å². The van der Waals surface area contributed by atoms with E-state index in [1.165, 1.54) is 2.78 Å². The van der Waals surface area contributed by atoms with Crippen LogP contribution in [0.15, 0.2) is 9.59 Å². The summed E-state index contributed by atoms with van der Waals surface area (Å²) < 4.78 is 2.31. The number of alkyl halides is 1. The Morgan fingerprint density at radius 3 is 2.12 bits per heavy atom. The van der Waals surface area contributed by atoms with Crippen molar-refractivity contribution >= 4 is 0 Å². The van der Waals surface area contributed by atoms with Crippen LogP contribution in [-0.2, 0) is 0 Å². The molecule has 0 N–H and O–H groups in total. The molecule has 4 heteroatoms. The Morgan fingerprint density at radius 2 is 2.00 bits per heavy atom. The SMILES string of the molecule is CC[I-]n1c(=O)c1=O. The van der Waals surface area contributed by atoms with Crippen molar-refractivity contribution in [1.29, 1.82) is 0 Å². The zero-order valence-corrected chi connectivity index (χ0v) is 6.51. The van der Waals surface area contributed by atoms with E-state index in [2.05, 4.69) is 0 Å². The summed E-state index contributed by atoms with van der Waals surface area (Å²) in [7, 11) is 0. The fourth-order valence-corrected chi connectivity index (χ4v) is 1.95. The fourth-order valence-electron chi connectivity index (χ4n) is 0.346. The summed E-state index contributed by atoms with van der Waals surface area (Å²) in [6.07, 6.45) is 0. The molecule has 0 bridgehead atoms. The normalized spacial score (nSPS) is 11.1. The molecule has 0 aliphatic rings. The molecule has 0 aliphatic heterocycles. The first-order chi connectivity index (χ1) is 3.77. The van der Waals surface area contributed by atoms with E-state index in [1.54, 1.807) is 0 Å². The number of rotatable bonds is 2. The van der Waals surface area contributed by atoms with Crippen LogP contribution in [0.5, 0.6) is 0 Å². The summed E-state index contributed by atoms with van der Waals surface area (Å²) >= 11 is -0.267. The van der Waals surface area contributed by atoms with Gasteiger partial charge in [0.15, 0.2) is 0 Å². The van der Waals surface area contributed by atoms with Gasteiger partial charge in [-0.1, -0.05) is 0 Å². The van der Waals surface area contributed by atoms with Crippen LogP contribution in [0.1, 0.15) is 6.92 Å². The van der Waals surface area contributed by atoms with Gasteiger partial charge in [0.05, 0.1) is 0 Å². The number of hydrogen-bond acceptors (Lipinski definition) is 2. The minimum atomic E-state index is -0.278. The summed E-state index contributed by atoms with van der Waals surface area (Å²) in [6.45, 7) is 1.98. The van der Waals surface area contributed by atoms with Crippen LogP contribution in [0.25, 0.3) is 0 Å². The molecule has 0 fully saturated rings. The van der Waals surface area contributed by atoms with E-state index in [4.69, 9.17) is 0 Å². The number of aromatic nitrogens is 1. The van der Waals surface area contributed by atoms with Gasteiger partial charge in [0.2, 0.25) is 0 Å². The average Bonchev–Trinajstić information content (AvgIpc) is 2.25. The van der Waals surface area contributed by atoms with E-state index in [9.17, 15) is 9.59 Å². The monoisotopic (exact) mass is 226 g/mol. The van der Waals surface area contributed by atoms with Gasteiger partial charge in [-0.2, -0.15) is 0 Å². The Kier molecular flexibility index (Phi) is 1.50. The Hall–Kier alpha value is -0.130. The number of hydrogen-bond donors (Lipinski definition) is 0. The summed E-state index contributed by atoms with van der Waals surface area (Å²) in [6, 6.07) is 0. The van der Waals surface area contributed by atoms with Crippen molar-refractivity contribution in [2.75, 3.05) is 4.43 Å². The molecule has 1 rings (SSSR count). The van der Waals surface area contributed by atoms with Crippen LogP contribution in [0.4, 0.5) is 0 Å². The molecule has 0 aliphatic carbocycles.